The van der Waals surface area contributed by atoms with E-state index >= 15 is 0 Å². The first kappa shape index (κ1) is 16.9. The lowest BCUT2D eigenvalue weighted by molar-refractivity contribution is -0.114. The third-order valence-corrected chi connectivity index (χ3v) is 5.01. The molecule has 0 aromatic carbocycles. The molecule has 1 N–H and O–H groups in total. The van der Waals surface area contributed by atoms with Gasteiger partial charge in [-0.2, -0.15) is 0 Å². The minimum atomic E-state index is -0.0806. The van der Waals surface area contributed by atoms with E-state index in [1.165, 1.54) is 18.2 Å². The minimum absolute atomic E-state index is 0.0806. The van der Waals surface area contributed by atoms with Crippen molar-refractivity contribution in [2.45, 2.75) is 26.3 Å². The van der Waals surface area contributed by atoms with Gasteiger partial charge in [0.25, 0.3) is 0 Å². The van der Waals surface area contributed by atoms with Crippen LogP contribution in [0.3, 0.4) is 0 Å². The van der Waals surface area contributed by atoms with Gasteiger partial charge in [-0.25, -0.2) is 4.98 Å². The van der Waals surface area contributed by atoms with Crippen LogP contribution in [-0.4, -0.2) is 41.0 Å². The van der Waals surface area contributed by atoms with Gasteiger partial charge in [-0.1, -0.05) is 0 Å². The number of rotatable bonds is 6. The van der Waals surface area contributed by atoms with Crippen LogP contribution in [0.4, 0.5) is 5.13 Å². The molecular weight excluding hydrogens is 324 g/mol. The predicted molar refractivity (Wildman–Crippen MR) is 94.3 cm³/mol. The molecule has 2 aromatic rings. The molecule has 0 bridgehead atoms. The van der Waals surface area contributed by atoms with E-state index in [2.05, 4.69) is 20.2 Å². The van der Waals surface area contributed by atoms with Gasteiger partial charge in [0.15, 0.2) is 5.13 Å². The highest BCUT2D eigenvalue weighted by atomic mass is 32.1. The van der Waals surface area contributed by atoms with Gasteiger partial charge < -0.3 is 10.1 Å². The van der Waals surface area contributed by atoms with E-state index < -0.39 is 0 Å². The summed E-state index contributed by atoms with van der Waals surface area (Å²) < 4.78 is 5.26. The fourth-order valence-electron chi connectivity index (χ4n) is 3.02. The number of thiazole rings is 1. The standard InChI is InChI=1S/C17H22N4O2S/c1-12(22)20-17-19-9-16(24-17)11-21-6-4-13(10-21)7-14-8-15(23-2)3-5-18-14/h3,5,8-9,13H,4,6-7,10-11H2,1-2H3,(H,19,20,22). The molecule has 7 heteroatoms. The molecule has 6 nitrogen and oxygen atoms in total. The molecular formula is C17H22N4O2S. The maximum absolute atomic E-state index is 11.1. The Hall–Kier alpha value is -1.99. The Bertz CT molecular complexity index is 703. The number of ether oxygens (including phenoxy) is 1. The van der Waals surface area contributed by atoms with E-state index in [0.29, 0.717) is 11.0 Å². The quantitative estimate of drug-likeness (QED) is 0.871. The maximum atomic E-state index is 11.1. The van der Waals surface area contributed by atoms with E-state index in [-0.39, 0.29) is 5.91 Å². The van der Waals surface area contributed by atoms with Crippen LogP contribution in [0.15, 0.2) is 24.5 Å². The average molecular weight is 346 g/mol. The zero-order valence-corrected chi connectivity index (χ0v) is 14.8. The smallest absolute Gasteiger partial charge is 0.223 e. The summed E-state index contributed by atoms with van der Waals surface area (Å²) in [5.41, 5.74) is 1.09. The van der Waals surface area contributed by atoms with Crippen molar-refractivity contribution < 1.29 is 9.53 Å². The highest BCUT2D eigenvalue weighted by molar-refractivity contribution is 7.15. The molecule has 0 radical (unpaired) electrons. The topological polar surface area (TPSA) is 67.3 Å². The van der Waals surface area contributed by atoms with Gasteiger partial charge in [-0.05, 0) is 31.4 Å². The summed E-state index contributed by atoms with van der Waals surface area (Å²) in [5, 5.41) is 3.41. The SMILES string of the molecule is COc1ccnc(CC2CCN(Cc3cnc(NC(C)=O)s3)C2)c1. The number of nitrogens with zero attached hydrogens (tertiary/aromatic N) is 3. The van der Waals surface area contributed by atoms with Crippen molar-refractivity contribution in [2.75, 3.05) is 25.5 Å². The van der Waals surface area contributed by atoms with Crippen LogP contribution in [0.25, 0.3) is 0 Å². The number of hydrogen-bond donors (Lipinski definition) is 1. The van der Waals surface area contributed by atoms with Crippen LogP contribution < -0.4 is 10.1 Å². The lowest BCUT2D eigenvalue weighted by Gasteiger charge is -2.14. The Morgan fingerprint density at radius 3 is 3.17 bits per heavy atom. The van der Waals surface area contributed by atoms with Gasteiger partial charge in [-0.3, -0.25) is 14.7 Å². The van der Waals surface area contributed by atoms with E-state index in [1.54, 1.807) is 18.4 Å². The fraction of sp³-hybridized carbons (Fsp3) is 0.471. The summed E-state index contributed by atoms with van der Waals surface area (Å²) in [6.45, 7) is 4.53. The Balaban J connectivity index is 1.51. The predicted octanol–water partition coefficient (Wildman–Crippen LogP) is 2.57. The van der Waals surface area contributed by atoms with Gasteiger partial charge >= 0.3 is 0 Å². The number of carbonyl (C=O) groups is 1. The largest absolute Gasteiger partial charge is 0.497 e. The highest BCUT2D eigenvalue weighted by Crippen LogP contribution is 2.25. The molecule has 1 fully saturated rings. The van der Waals surface area contributed by atoms with Gasteiger partial charge in [-0.15, -0.1) is 11.3 Å². The first-order valence-electron chi connectivity index (χ1n) is 8.06. The molecule has 2 aromatic heterocycles. The molecule has 1 amide bonds. The van der Waals surface area contributed by atoms with Crippen LogP contribution in [-0.2, 0) is 17.8 Å². The number of pyridine rings is 1. The number of carbonyl (C=O) groups excluding carboxylic acids is 1. The van der Waals surface area contributed by atoms with Crippen LogP contribution in [0, 0.1) is 5.92 Å². The summed E-state index contributed by atoms with van der Waals surface area (Å²) in [7, 11) is 1.68. The van der Waals surface area contributed by atoms with Crippen molar-refractivity contribution in [1.29, 1.82) is 0 Å². The molecule has 128 valence electrons. The number of methoxy groups -OCH3 is 1. The molecule has 0 spiro atoms. The van der Waals surface area contributed by atoms with Crippen LogP contribution in [0.1, 0.15) is 23.9 Å². The molecule has 0 aliphatic carbocycles. The molecule has 1 aliphatic heterocycles. The highest BCUT2D eigenvalue weighted by Gasteiger charge is 2.23. The van der Waals surface area contributed by atoms with E-state index in [0.717, 1.165) is 37.5 Å². The first-order valence-corrected chi connectivity index (χ1v) is 8.87. The van der Waals surface area contributed by atoms with Gasteiger partial charge in [0.2, 0.25) is 5.91 Å². The van der Waals surface area contributed by atoms with Crippen molar-refractivity contribution in [2.24, 2.45) is 5.92 Å². The number of aromatic nitrogens is 2. The summed E-state index contributed by atoms with van der Waals surface area (Å²) >= 11 is 1.54. The van der Waals surface area contributed by atoms with Crippen molar-refractivity contribution in [3.63, 3.8) is 0 Å². The van der Waals surface area contributed by atoms with Gasteiger partial charge in [0.1, 0.15) is 5.75 Å². The van der Waals surface area contributed by atoms with Gasteiger partial charge in [0, 0.05) is 49.0 Å². The number of hydrogen-bond acceptors (Lipinski definition) is 6. The second kappa shape index (κ2) is 7.72. The lowest BCUT2D eigenvalue weighted by atomic mass is 10.0. The summed E-state index contributed by atoms with van der Waals surface area (Å²) in [5.74, 6) is 1.40. The van der Waals surface area contributed by atoms with Crippen LogP contribution in [0.2, 0.25) is 0 Å². The Morgan fingerprint density at radius 1 is 1.50 bits per heavy atom. The minimum Gasteiger partial charge on any atom is -0.497 e. The molecule has 3 heterocycles. The molecule has 1 unspecified atom stereocenters. The summed E-state index contributed by atoms with van der Waals surface area (Å²) in [6.07, 6.45) is 5.82. The molecule has 1 atom stereocenters. The Kier molecular flexibility index (Phi) is 5.42. The maximum Gasteiger partial charge on any atom is 0.223 e. The molecule has 1 aliphatic rings. The zero-order chi connectivity index (χ0) is 16.9. The van der Waals surface area contributed by atoms with E-state index in [9.17, 15) is 4.79 Å². The molecule has 24 heavy (non-hydrogen) atoms. The van der Waals surface area contributed by atoms with Gasteiger partial charge in [0.05, 0.1) is 7.11 Å². The van der Waals surface area contributed by atoms with Crippen LogP contribution >= 0.6 is 11.3 Å². The molecule has 0 saturated carbocycles. The lowest BCUT2D eigenvalue weighted by Crippen LogP contribution is -2.20. The Morgan fingerprint density at radius 2 is 2.38 bits per heavy atom. The fourth-order valence-corrected chi connectivity index (χ4v) is 3.92. The van der Waals surface area contributed by atoms with Crippen LogP contribution in [0.5, 0.6) is 5.75 Å². The zero-order valence-electron chi connectivity index (χ0n) is 14.0. The van der Waals surface area contributed by atoms with Crippen molar-refractivity contribution >= 4 is 22.4 Å². The first-order chi connectivity index (χ1) is 11.6. The molecule has 3 rings (SSSR count). The Labute approximate surface area is 145 Å². The third kappa shape index (κ3) is 4.52. The monoisotopic (exact) mass is 346 g/mol. The van der Waals surface area contributed by atoms with Crippen molar-refractivity contribution in [3.8, 4) is 5.75 Å². The number of anilines is 1. The second-order valence-electron chi connectivity index (χ2n) is 6.09. The number of likely N-dealkylation sites (tertiary alicyclic amines) is 1. The number of nitrogens with one attached hydrogen (secondary N) is 1. The van der Waals surface area contributed by atoms with E-state index in [1.807, 2.05) is 24.5 Å². The second-order valence-corrected chi connectivity index (χ2v) is 7.21. The van der Waals surface area contributed by atoms with Crippen molar-refractivity contribution in [1.82, 2.24) is 14.9 Å². The van der Waals surface area contributed by atoms with Crippen molar-refractivity contribution in [3.05, 3.63) is 35.1 Å². The third-order valence-electron chi connectivity index (χ3n) is 4.11. The van der Waals surface area contributed by atoms with E-state index in [4.69, 9.17) is 4.74 Å². The summed E-state index contributed by atoms with van der Waals surface area (Å²) in [4.78, 5) is 23.4. The number of amides is 1. The summed E-state index contributed by atoms with van der Waals surface area (Å²) in [6, 6.07) is 3.90. The average Bonchev–Trinajstić information content (AvgIpc) is 3.17. The molecule has 1 saturated heterocycles. The normalized spacial score (nSPS) is 17.8.